The Balaban J connectivity index is 1.30. The van der Waals surface area contributed by atoms with Crippen LogP contribution in [0.2, 0.25) is 0 Å². The van der Waals surface area contributed by atoms with Crippen molar-refractivity contribution in [1.82, 2.24) is 9.88 Å². The zero-order valence-corrected chi connectivity index (χ0v) is 17.5. The molecule has 4 rings (SSSR count). The summed E-state index contributed by atoms with van der Waals surface area (Å²) in [7, 11) is 0. The normalized spacial score (nSPS) is 15.6. The molecule has 154 valence electrons. The molecule has 1 saturated heterocycles. The van der Waals surface area contributed by atoms with Crippen molar-refractivity contribution < 1.29 is 9.90 Å². The number of aliphatic hydroxyl groups is 1. The van der Waals surface area contributed by atoms with Gasteiger partial charge in [-0.1, -0.05) is 30.3 Å². The van der Waals surface area contributed by atoms with E-state index in [1.165, 1.54) is 11.9 Å². The van der Waals surface area contributed by atoms with Crippen LogP contribution in [0.4, 0.5) is 5.69 Å². The topological polar surface area (TPSA) is 65.5 Å². The van der Waals surface area contributed by atoms with E-state index in [-0.39, 0.29) is 5.91 Å². The molecule has 30 heavy (non-hydrogen) atoms. The molecule has 6 heteroatoms. The summed E-state index contributed by atoms with van der Waals surface area (Å²) < 4.78 is 3.26. The van der Waals surface area contributed by atoms with Crippen molar-refractivity contribution in [3.05, 3.63) is 90.3 Å². The van der Waals surface area contributed by atoms with Gasteiger partial charge in [-0.2, -0.15) is 0 Å². The Morgan fingerprint density at radius 2 is 1.77 bits per heavy atom. The molecule has 2 heterocycles. The molecule has 5 nitrogen and oxygen atoms in total. The van der Waals surface area contributed by atoms with E-state index in [2.05, 4.69) is 9.71 Å². The van der Waals surface area contributed by atoms with E-state index in [9.17, 15) is 9.90 Å². The van der Waals surface area contributed by atoms with Crippen molar-refractivity contribution in [3.63, 3.8) is 0 Å². The molecule has 1 aliphatic heterocycles. The summed E-state index contributed by atoms with van der Waals surface area (Å²) in [5, 5.41) is 10.9. The first-order chi connectivity index (χ1) is 14.6. The molecule has 2 N–H and O–H groups in total. The third-order valence-corrected chi connectivity index (χ3v) is 6.23. The number of carbonyl (C=O) groups is 1. The second kappa shape index (κ2) is 9.32. The molecule has 0 unspecified atom stereocenters. The number of carbonyl (C=O) groups excluding carboxylic acids is 1. The van der Waals surface area contributed by atoms with Crippen LogP contribution in [0.25, 0.3) is 0 Å². The van der Waals surface area contributed by atoms with Gasteiger partial charge in [-0.3, -0.25) is 9.78 Å². The molecule has 1 fully saturated rings. The highest BCUT2D eigenvalue weighted by Gasteiger charge is 2.34. The van der Waals surface area contributed by atoms with E-state index in [0.29, 0.717) is 37.9 Å². The van der Waals surface area contributed by atoms with E-state index in [4.69, 9.17) is 0 Å². The van der Waals surface area contributed by atoms with Crippen molar-refractivity contribution in [2.45, 2.75) is 29.8 Å². The number of rotatable bonds is 6. The fourth-order valence-corrected chi connectivity index (χ4v) is 4.30. The van der Waals surface area contributed by atoms with Gasteiger partial charge in [0.1, 0.15) is 0 Å². The van der Waals surface area contributed by atoms with Gasteiger partial charge < -0.3 is 14.7 Å². The Kier molecular flexibility index (Phi) is 6.35. The lowest BCUT2D eigenvalue weighted by Crippen LogP contribution is -2.47. The summed E-state index contributed by atoms with van der Waals surface area (Å²) >= 11 is 1.48. The van der Waals surface area contributed by atoms with Gasteiger partial charge >= 0.3 is 0 Å². The van der Waals surface area contributed by atoms with Crippen LogP contribution in [-0.4, -0.2) is 39.6 Å². The molecule has 0 radical (unpaired) electrons. The second-order valence-electron chi connectivity index (χ2n) is 7.65. The summed E-state index contributed by atoms with van der Waals surface area (Å²) in [5.74, 6) is 0.0169. The van der Waals surface area contributed by atoms with Gasteiger partial charge in [0.25, 0.3) is 5.91 Å². The molecule has 0 aliphatic carbocycles. The van der Waals surface area contributed by atoms with Crippen LogP contribution < -0.4 is 4.72 Å². The van der Waals surface area contributed by atoms with Gasteiger partial charge in [-0.25, -0.2) is 0 Å². The van der Waals surface area contributed by atoms with Crippen LogP contribution in [0, 0.1) is 0 Å². The van der Waals surface area contributed by atoms with Gasteiger partial charge in [-0.05, 0) is 66.8 Å². The molecule has 0 spiro atoms. The number of piperidine rings is 1. The highest BCUT2D eigenvalue weighted by Crippen LogP contribution is 2.27. The predicted molar refractivity (Wildman–Crippen MR) is 120 cm³/mol. The van der Waals surface area contributed by atoms with Crippen LogP contribution >= 0.6 is 11.9 Å². The maximum atomic E-state index is 12.9. The largest absolute Gasteiger partial charge is 0.389 e. The molecule has 0 saturated carbocycles. The summed E-state index contributed by atoms with van der Waals surface area (Å²) in [4.78, 5) is 19.8. The van der Waals surface area contributed by atoms with Crippen molar-refractivity contribution >= 4 is 23.5 Å². The molecule has 0 atom stereocenters. The zero-order valence-electron chi connectivity index (χ0n) is 16.7. The summed E-state index contributed by atoms with van der Waals surface area (Å²) in [5.41, 5.74) is 1.99. The highest BCUT2D eigenvalue weighted by atomic mass is 32.2. The predicted octanol–water partition coefficient (Wildman–Crippen LogP) is 4.41. The summed E-state index contributed by atoms with van der Waals surface area (Å²) in [6.45, 7) is 1.14. The first kappa shape index (κ1) is 20.4. The Labute approximate surface area is 181 Å². The summed E-state index contributed by atoms with van der Waals surface area (Å²) in [6, 6.07) is 21.4. The van der Waals surface area contributed by atoms with Crippen LogP contribution in [0.15, 0.2) is 84.0 Å². The van der Waals surface area contributed by atoms with Crippen LogP contribution in [0.1, 0.15) is 28.8 Å². The number of hydrogen-bond acceptors (Lipinski definition) is 5. The number of likely N-dealkylation sites (tertiary alicyclic amines) is 1. The highest BCUT2D eigenvalue weighted by molar-refractivity contribution is 8.00. The lowest BCUT2D eigenvalue weighted by atomic mass is 9.85. The quantitative estimate of drug-likeness (QED) is 0.580. The minimum Gasteiger partial charge on any atom is -0.389 e. The third-order valence-electron chi connectivity index (χ3n) is 5.41. The number of amides is 1. The first-order valence-electron chi connectivity index (χ1n) is 10.1. The number of anilines is 1. The fourth-order valence-electron chi connectivity index (χ4n) is 3.67. The number of nitrogens with one attached hydrogen (secondary N) is 1. The van der Waals surface area contributed by atoms with Gasteiger partial charge in [0.2, 0.25) is 0 Å². The van der Waals surface area contributed by atoms with Crippen molar-refractivity contribution in [2.75, 3.05) is 17.8 Å². The molecule has 1 aliphatic rings. The lowest BCUT2D eigenvalue weighted by Gasteiger charge is -2.38. The first-order valence-corrected chi connectivity index (χ1v) is 10.9. The Hall–Kier alpha value is -2.83. The maximum Gasteiger partial charge on any atom is 0.253 e. The fraction of sp³-hybridized carbons (Fsp3) is 0.250. The average molecular weight is 420 g/mol. The molecule has 1 aromatic heterocycles. The standard InChI is InChI=1S/C24H25N3O2S/c28-23(20-8-10-21(11-9-20)26-30-22-7-4-14-25-18-22)27-15-12-24(29,13-16-27)17-19-5-2-1-3-6-19/h1-11,14,18,26,29H,12-13,15-17H2. The minimum atomic E-state index is -0.741. The number of nitrogens with zero attached hydrogens (tertiary/aromatic N) is 2. The van der Waals surface area contributed by atoms with E-state index >= 15 is 0 Å². The van der Waals surface area contributed by atoms with Crippen LogP contribution in [-0.2, 0) is 6.42 Å². The van der Waals surface area contributed by atoms with Gasteiger partial charge in [0.15, 0.2) is 0 Å². The molecular weight excluding hydrogens is 394 g/mol. The smallest absolute Gasteiger partial charge is 0.253 e. The monoisotopic (exact) mass is 419 g/mol. The second-order valence-corrected chi connectivity index (χ2v) is 8.53. The molecular formula is C24H25N3O2S. The zero-order chi connectivity index (χ0) is 20.8. The van der Waals surface area contributed by atoms with Crippen LogP contribution in [0.3, 0.4) is 0 Å². The summed E-state index contributed by atoms with van der Waals surface area (Å²) in [6.07, 6.45) is 5.35. The number of aromatic nitrogens is 1. The Bertz CT molecular complexity index is 957. The minimum absolute atomic E-state index is 0.0169. The lowest BCUT2D eigenvalue weighted by molar-refractivity contribution is -0.0162. The molecule has 2 aromatic carbocycles. The van der Waals surface area contributed by atoms with E-state index in [1.54, 1.807) is 12.4 Å². The average Bonchev–Trinajstić information content (AvgIpc) is 2.79. The number of pyridine rings is 1. The number of hydrogen-bond donors (Lipinski definition) is 2. The van der Waals surface area contributed by atoms with Gasteiger partial charge in [0, 0.05) is 48.1 Å². The van der Waals surface area contributed by atoms with Gasteiger partial charge in [0.05, 0.1) is 5.60 Å². The Morgan fingerprint density at radius 1 is 1.03 bits per heavy atom. The molecule has 0 bridgehead atoms. The SMILES string of the molecule is O=C(c1ccc(NSc2cccnc2)cc1)N1CCC(O)(Cc2ccccc2)CC1. The molecule has 1 amide bonds. The molecule has 3 aromatic rings. The van der Waals surface area contributed by atoms with Crippen molar-refractivity contribution in [3.8, 4) is 0 Å². The van der Waals surface area contributed by atoms with Gasteiger partial charge in [-0.15, -0.1) is 0 Å². The van der Waals surface area contributed by atoms with E-state index < -0.39 is 5.60 Å². The van der Waals surface area contributed by atoms with Crippen molar-refractivity contribution in [2.24, 2.45) is 0 Å². The third kappa shape index (κ3) is 5.20. The van der Waals surface area contributed by atoms with E-state index in [0.717, 1.165) is 16.1 Å². The van der Waals surface area contributed by atoms with Crippen molar-refractivity contribution in [1.29, 1.82) is 0 Å². The van der Waals surface area contributed by atoms with E-state index in [1.807, 2.05) is 71.6 Å². The van der Waals surface area contributed by atoms with Crippen LogP contribution in [0.5, 0.6) is 0 Å². The number of benzene rings is 2. The Morgan fingerprint density at radius 3 is 2.43 bits per heavy atom. The maximum absolute atomic E-state index is 12.9.